The fraction of sp³-hybridized carbons (Fsp3) is 0.231. The number of para-hydroxylation sites is 2. The summed E-state index contributed by atoms with van der Waals surface area (Å²) in [5, 5.41) is 0. The third kappa shape index (κ3) is 6.31. The summed E-state index contributed by atoms with van der Waals surface area (Å²) >= 11 is 0. The van der Waals surface area contributed by atoms with Gasteiger partial charge in [0.1, 0.15) is 13.2 Å². The van der Waals surface area contributed by atoms with Crippen LogP contribution in [-0.4, -0.2) is 71.1 Å². The first-order chi connectivity index (χ1) is 24.8. The largest absolute Gasteiger partial charge is 0.493 e. The number of methoxy groups -OCH3 is 3. The number of ether oxygens (including phenoxy) is 5. The molecule has 3 aliphatic rings. The van der Waals surface area contributed by atoms with Crippen LogP contribution in [0.1, 0.15) is 31.8 Å². The SMILES string of the molecule is COC(=O)C=C(COc1cc(N)c(C(=O)N2CCc3ccccc32)cc1OC)COc1cc2c(cc1OC)C(=O)N1c3ccccc3CC1C=N2. The van der Waals surface area contributed by atoms with Crippen LogP contribution in [0.15, 0.2) is 89.4 Å². The van der Waals surface area contributed by atoms with Crippen LogP contribution in [0.4, 0.5) is 22.7 Å². The van der Waals surface area contributed by atoms with Gasteiger partial charge in [0.2, 0.25) is 0 Å². The fourth-order valence-corrected chi connectivity index (χ4v) is 6.61. The van der Waals surface area contributed by atoms with Crippen molar-refractivity contribution in [2.24, 2.45) is 4.99 Å². The maximum absolute atomic E-state index is 13.8. The van der Waals surface area contributed by atoms with E-state index in [1.165, 1.54) is 33.5 Å². The number of rotatable bonds is 10. The van der Waals surface area contributed by atoms with E-state index in [1.807, 2.05) is 48.5 Å². The highest BCUT2D eigenvalue weighted by molar-refractivity contribution is 6.15. The van der Waals surface area contributed by atoms with Crippen molar-refractivity contribution in [3.8, 4) is 23.0 Å². The summed E-state index contributed by atoms with van der Waals surface area (Å²) in [7, 11) is 4.21. The van der Waals surface area contributed by atoms with Gasteiger partial charge >= 0.3 is 5.97 Å². The monoisotopic (exact) mass is 688 g/mol. The number of benzene rings is 4. The quantitative estimate of drug-likeness (QED) is 0.133. The van der Waals surface area contributed by atoms with Gasteiger partial charge in [-0.25, -0.2) is 4.79 Å². The molecule has 0 aliphatic carbocycles. The van der Waals surface area contributed by atoms with Crippen molar-refractivity contribution in [1.29, 1.82) is 0 Å². The van der Waals surface area contributed by atoms with Gasteiger partial charge in [-0.3, -0.25) is 19.5 Å². The number of esters is 1. The topological polar surface area (TPSA) is 142 Å². The zero-order chi connectivity index (χ0) is 35.6. The van der Waals surface area contributed by atoms with Crippen molar-refractivity contribution in [3.63, 3.8) is 0 Å². The Bertz CT molecular complexity index is 2110. The summed E-state index contributed by atoms with van der Waals surface area (Å²) in [6, 6.07) is 21.7. The molecule has 7 rings (SSSR count). The summed E-state index contributed by atoms with van der Waals surface area (Å²) in [5.41, 5.74) is 12.0. The van der Waals surface area contributed by atoms with Crippen molar-refractivity contribution < 1.29 is 38.1 Å². The van der Waals surface area contributed by atoms with Gasteiger partial charge in [-0.2, -0.15) is 0 Å². The Morgan fingerprint density at radius 1 is 0.863 bits per heavy atom. The summed E-state index contributed by atoms with van der Waals surface area (Å²) in [5.74, 6) is 0.143. The predicted octanol–water partition coefficient (Wildman–Crippen LogP) is 5.33. The second-order valence-corrected chi connectivity index (χ2v) is 12.2. The van der Waals surface area contributed by atoms with E-state index in [1.54, 1.807) is 34.2 Å². The maximum Gasteiger partial charge on any atom is 0.330 e. The van der Waals surface area contributed by atoms with Crippen LogP contribution < -0.4 is 34.5 Å². The second-order valence-electron chi connectivity index (χ2n) is 12.2. The highest BCUT2D eigenvalue weighted by Crippen LogP contribution is 2.41. The van der Waals surface area contributed by atoms with Crippen molar-refractivity contribution in [2.75, 3.05) is 56.6 Å². The van der Waals surface area contributed by atoms with Gasteiger partial charge in [0.05, 0.1) is 44.2 Å². The van der Waals surface area contributed by atoms with E-state index in [9.17, 15) is 14.4 Å². The first-order valence-corrected chi connectivity index (χ1v) is 16.4. The van der Waals surface area contributed by atoms with Gasteiger partial charge < -0.3 is 34.3 Å². The molecule has 0 aromatic heterocycles. The predicted molar refractivity (Wildman–Crippen MR) is 192 cm³/mol. The Kier molecular flexibility index (Phi) is 9.05. The summed E-state index contributed by atoms with van der Waals surface area (Å²) in [6.07, 6.45) is 4.47. The van der Waals surface area contributed by atoms with E-state index in [0.717, 1.165) is 28.9 Å². The molecule has 4 aromatic carbocycles. The zero-order valence-electron chi connectivity index (χ0n) is 28.4. The number of hydrogen-bond donors (Lipinski definition) is 1. The number of aliphatic imine (C=N–C) groups is 1. The lowest BCUT2D eigenvalue weighted by molar-refractivity contribution is -0.134. The van der Waals surface area contributed by atoms with E-state index in [-0.39, 0.29) is 53.8 Å². The molecule has 1 atom stereocenters. The molecule has 12 heteroatoms. The third-order valence-electron chi connectivity index (χ3n) is 9.18. The maximum atomic E-state index is 13.8. The Morgan fingerprint density at radius 2 is 1.53 bits per heavy atom. The molecule has 0 fully saturated rings. The van der Waals surface area contributed by atoms with E-state index in [4.69, 9.17) is 29.4 Å². The molecule has 4 aromatic rings. The summed E-state index contributed by atoms with van der Waals surface area (Å²) < 4.78 is 28.3. The average Bonchev–Trinajstić information content (AvgIpc) is 3.72. The molecule has 0 bridgehead atoms. The first-order valence-electron chi connectivity index (χ1n) is 16.4. The van der Waals surface area contributed by atoms with Crippen molar-refractivity contribution >= 4 is 46.7 Å². The van der Waals surface area contributed by atoms with Crippen LogP contribution in [0.25, 0.3) is 0 Å². The molecule has 260 valence electrons. The number of hydrogen-bond acceptors (Lipinski definition) is 10. The molecular weight excluding hydrogens is 652 g/mol. The minimum atomic E-state index is -0.611. The minimum absolute atomic E-state index is 0.104. The lowest BCUT2D eigenvalue weighted by Crippen LogP contribution is -2.37. The van der Waals surface area contributed by atoms with Crippen LogP contribution in [0, 0.1) is 0 Å². The summed E-state index contributed by atoms with van der Waals surface area (Å²) in [4.78, 5) is 47.8. The number of anilines is 3. The van der Waals surface area contributed by atoms with Crippen LogP contribution in [0.2, 0.25) is 0 Å². The Labute approximate surface area is 294 Å². The smallest absolute Gasteiger partial charge is 0.330 e. The van der Waals surface area contributed by atoms with Crippen molar-refractivity contribution in [2.45, 2.75) is 18.9 Å². The molecule has 0 radical (unpaired) electrons. The normalized spacial score (nSPS) is 15.7. The molecule has 0 saturated heterocycles. The van der Waals surface area contributed by atoms with Crippen LogP contribution in [0.3, 0.4) is 0 Å². The fourth-order valence-electron chi connectivity index (χ4n) is 6.61. The van der Waals surface area contributed by atoms with Gasteiger partial charge in [-0.15, -0.1) is 0 Å². The molecule has 1 unspecified atom stereocenters. The second kappa shape index (κ2) is 13.9. The van der Waals surface area contributed by atoms with E-state index in [2.05, 4.69) is 4.99 Å². The van der Waals surface area contributed by atoms with Gasteiger partial charge in [0.25, 0.3) is 11.8 Å². The first kappa shape index (κ1) is 33.2. The van der Waals surface area contributed by atoms with E-state index >= 15 is 0 Å². The molecule has 0 spiro atoms. The number of nitrogens with zero attached hydrogens (tertiary/aromatic N) is 3. The number of fused-ring (bicyclic) bond motifs is 5. The standard InChI is InChI=1S/C39H36N4O8/c1-47-33-16-27(38(45)42-13-12-24-8-4-6-10-31(24)42)29(40)18-35(33)50-21-23(14-37(44)49-3)22-51-36-19-30-28(17-34(36)48-2)39(46)43-26(20-41-30)15-25-9-5-7-11-32(25)43/h4-11,14,16-20,26H,12-13,15,21-22,40H2,1-3H3. The number of amides is 2. The minimum Gasteiger partial charge on any atom is -0.493 e. The molecule has 51 heavy (non-hydrogen) atoms. The lowest BCUT2D eigenvalue weighted by Gasteiger charge is -2.22. The molecule has 2 amide bonds. The van der Waals surface area contributed by atoms with Crippen LogP contribution in [-0.2, 0) is 22.4 Å². The molecular formula is C39H36N4O8. The number of nitrogens with two attached hydrogens (primary N) is 1. The van der Waals surface area contributed by atoms with Gasteiger partial charge in [-0.05, 0) is 41.8 Å². The van der Waals surface area contributed by atoms with Gasteiger partial charge in [0, 0.05) is 60.0 Å². The van der Waals surface area contributed by atoms with Gasteiger partial charge in [-0.1, -0.05) is 36.4 Å². The molecule has 3 heterocycles. The zero-order valence-corrected chi connectivity index (χ0v) is 28.4. The molecule has 2 N–H and O–H groups in total. The van der Waals surface area contributed by atoms with Crippen molar-refractivity contribution in [1.82, 2.24) is 0 Å². The van der Waals surface area contributed by atoms with Crippen LogP contribution in [0.5, 0.6) is 23.0 Å². The molecule has 3 aliphatic heterocycles. The Hall–Kier alpha value is -6.30. The average molecular weight is 689 g/mol. The van der Waals surface area contributed by atoms with Crippen LogP contribution >= 0.6 is 0 Å². The van der Waals surface area contributed by atoms with Gasteiger partial charge in [0.15, 0.2) is 23.0 Å². The molecule has 0 saturated carbocycles. The van der Waals surface area contributed by atoms with Crippen molar-refractivity contribution in [3.05, 3.63) is 107 Å². The highest BCUT2D eigenvalue weighted by atomic mass is 16.5. The van der Waals surface area contributed by atoms with E-state index < -0.39 is 5.97 Å². The summed E-state index contributed by atoms with van der Waals surface area (Å²) in [6.45, 7) is 0.329. The van der Waals surface area contributed by atoms with E-state index in [0.29, 0.717) is 41.3 Å². The Balaban J connectivity index is 1.09. The molecule has 12 nitrogen and oxygen atoms in total. The number of carbonyl (C=O) groups is 3. The lowest BCUT2D eigenvalue weighted by atomic mass is 10.1. The third-order valence-corrected chi connectivity index (χ3v) is 9.18. The number of carbonyl (C=O) groups excluding carboxylic acids is 3. The number of nitrogen functional groups attached to an aromatic ring is 1. The highest BCUT2D eigenvalue weighted by Gasteiger charge is 2.36. The Morgan fingerprint density at radius 3 is 2.25 bits per heavy atom.